The highest BCUT2D eigenvalue weighted by Crippen LogP contribution is 2.13. The molecule has 0 aliphatic heterocycles. The van der Waals surface area contributed by atoms with Crippen molar-refractivity contribution in [1.29, 1.82) is 0 Å². The molecule has 4 heteroatoms. The number of hydrogen-bond donors (Lipinski definition) is 0. The standard InChI is InChI=1S/C13H20O2SSi/c1-14-13(15-2)17-10-6-9-16-11-12-7-4-3-5-8-12/h3-5,7-8,13H,6,9-11H2,1-2H3. The van der Waals surface area contributed by atoms with E-state index in [2.05, 4.69) is 30.3 Å². The Morgan fingerprint density at radius 3 is 2.53 bits per heavy atom. The summed E-state index contributed by atoms with van der Waals surface area (Å²) >= 11 is 2.00. The monoisotopic (exact) mass is 268 g/mol. The quantitative estimate of drug-likeness (QED) is 0.390. The van der Waals surface area contributed by atoms with Gasteiger partial charge in [0.2, 0.25) is 0 Å². The highest BCUT2D eigenvalue weighted by atomic mass is 32.2. The Morgan fingerprint density at radius 2 is 1.88 bits per heavy atom. The van der Waals surface area contributed by atoms with E-state index in [1.807, 2.05) is 11.8 Å². The van der Waals surface area contributed by atoms with Crippen LogP contribution in [0.5, 0.6) is 0 Å². The molecular formula is C13H20O2SSi. The second-order valence-electron chi connectivity index (χ2n) is 3.65. The third-order valence-electron chi connectivity index (χ3n) is 2.32. The molecule has 0 heterocycles. The van der Waals surface area contributed by atoms with E-state index in [1.54, 1.807) is 14.2 Å². The maximum absolute atomic E-state index is 5.16. The average molecular weight is 268 g/mol. The Kier molecular flexibility index (Phi) is 8.43. The number of rotatable bonds is 9. The summed E-state index contributed by atoms with van der Waals surface area (Å²) in [6, 6.07) is 11.8. The van der Waals surface area contributed by atoms with Crippen molar-refractivity contribution in [2.75, 3.05) is 20.0 Å². The summed E-state index contributed by atoms with van der Waals surface area (Å²) in [5.74, 6) is 2.32. The predicted octanol–water partition coefficient (Wildman–Crippen LogP) is 3.01. The van der Waals surface area contributed by atoms with Crippen LogP contribution < -0.4 is 0 Å². The molecule has 1 aromatic carbocycles. The highest BCUT2D eigenvalue weighted by molar-refractivity contribution is 7.98. The fourth-order valence-electron chi connectivity index (χ4n) is 1.42. The summed E-state index contributed by atoms with van der Waals surface area (Å²) in [5, 5.41) is 0. The molecule has 2 radical (unpaired) electrons. The first-order valence-corrected chi connectivity index (χ1v) is 8.21. The summed E-state index contributed by atoms with van der Waals surface area (Å²) in [7, 11) is 4.14. The Morgan fingerprint density at radius 1 is 1.18 bits per heavy atom. The highest BCUT2D eigenvalue weighted by Gasteiger charge is 2.05. The summed E-state index contributed by atoms with van der Waals surface area (Å²) in [4.78, 5) is 0. The van der Waals surface area contributed by atoms with Gasteiger partial charge in [0, 0.05) is 20.0 Å². The zero-order valence-corrected chi connectivity index (χ0v) is 12.3. The van der Waals surface area contributed by atoms with Crippen molar-refractivity contribution in [1.82, 2.24) is 0 Å². The van der Waals surface area contributed by atoms with Crippen molar-refractivity contribution < 1.29 is 9.47 Å². The first-order valence-electron chi connectivity index (χ1n) is 5.77. The van der Waals surface area contributed by atoms with Gasteiger partial charge in [-0.3, -0.25) is 0 Å². The molecule has 1 rings (SSSR count). The van der Waals surface area contributed by atoms with Crippen LogP contribution in [0.2, 0.25) is 6.04 Å². The lowest BCUT2D eigenvalue weighted by Gasteiger charge is -2.11. The van der Waals surface area contributed by atoms with Gasteiger partial charge >= 0.3 is 0 Å². The molecular weight excluding hydrogens is 248 g/mol. The number of thioether (sulfide) groups is 1. The van der Waals surface area contributed by atoms with Gasteiger partial charge in [0.05, 0.1) is 0 Å². The van der Waals surface area contributed by atoms with Crippen LogP contribution in [0, 0.1) is 0 Å². The van der Waals surface area contributed by atoms with Crippen LogP contribution >= 0.6 is 11.8 Å². The SMILES string of the molecule is COC(OC)[Si]CCCSCc1ccccc1. The maximum Gasteiger partial charge on any atom is 0.136 e. The van der Waals surface area contributed by atoms with Crippen LogP contribution in [0.4, 0.5) is 0 Å². The molecule has 0 atom stereocenters. The molecule has 2 nitrogen and oxygen atoms in total. The third-order valence-corrected chi connectivity index (χ3v) is 4.88. The van der Waals surface area contributed by atoms with E-state index >= 15 is 0 Å². The van der Waals surface area contributed by atoms with E-state index < -0.39 is 0 Å². The van der Waals surface area contributed by atoms with Crippen LogP contribution in [-0.2, 0) is 15.2 Å². The summed E-state index contributed by atoms with van der Waals surface area (Å²) < 4.78 is 10.3. The normalized spacial score (nSPS) is 11.0. The van der Waals surface area contributed by atoms with Gasteiger partial charge in [-0.25, -0.2) is 0 Å². The zero-order valence-electron chi connectivity index (χ0n) is 10.5. The van der Waals surface area contributed by atoms with E-state index in [9.17, 15) is 0 Å². The van der Waals surface area contributed by atoms with Gasteiger partial charge in [-0.1, -0.05) is 36.4 Å². The zero-order chi connectivity index (χ0) is 12.3. The number of benzene rings is 1. The second-order valence-corrected chi connectivity index (χ2v) is 6.13. The molecule has 0 saturated heterocycles. The Balaban J connectivity index is 1.98. The fourth-order valence-corrected chi connectivity index (χ4v) is 3.55. The Labute approximate surface area is 111 Å². The minimum atomic E-state index is -0.00544. The van der Waals surface area contributed by atoms with Crippen molar-refractivity contribution in [2.24, 2.45) is 0 Å². The van der Waals surface area contributed by atoms with Gasteiger partial charge in [0.15, 0.2) is 0 Å². The molecule has 0 aromatic heterocycles. The predicted molar refractivity (Wildman–Crippen MR) is 75.6 cm³/mol. The van der Waals surface area contributed by atoms with Gasteiger partial charge in [-0.2, -0.15) is 11.8 Å². The van der Waals surface area contributed by atoms with E-state index in [4.69, 9.17) is 9.47 Å². The lowest BCUT2D eigenvalue weighted by Crippen LogP contribution is -2.21. The van der Waals surface area contributed by atoms with Crippen LogP contribution in [0.1, 0.15) is 12.0 Å². The molecule has 0 bridgehead atoms. The van der Waals surface area contributed by atoms with Crippen LogP contribution in [0.15, 0.2) is 30.3 Å². The second kappa shape index (κ2) is 9.71. The lowest BCUT2D eigenvalue weighted by atomic mass is 10.2. The van der Waals surface area contributed by atoms with Crippen molar-refractivity contribution >= 4 is 21.3 Å². The topological polar surface area (TPSA) is 18.5 Å². The molecule has 0 saturated carbocycles. The minimum Gasteiger partial charge on any atom is -0.360 e. The third kappa shape index (κ3) is 6.88. The molecule has 0 N–H and O–H groups in total. The van der Waals surface area contributed by atoms with E-state index in [-0.39, 0.29) is 5.91 Å². The van der Waals surface area contributed by atoms with Gasteiger partial charge in [-0.15, -0.1) is 0 Å². The maximum atomic E-state index is 5.16. The molecule has 0 fully saturated rings. The average Bonchev–Trinajstić information content (AvgIpc) is 2.39. The van der Waals surface area contributed by atoms with Gasteiger partial charge in [-0.05, 0) is 17.7 Å². The molecule has 0 aliphatic carbocycles. The van der Waals surface area contributed by atoms with Crippen molar-refractivity contribution in [3.05, 3.63) is 35.9 Å². The molecule has 0 aliphatic rings. The van der Waals surface area contributed by atoms with E-state index in [0.29, 0.717) is 0 Å². The van der Waals surface area contributed by atoms with Gasteiger partial charge in [0.1, 0.15) is 15.4 Å². The van der Waals surface area contributed by atoms with Crippen molar-refractivity contribution in [3.8, 4) is 0 Å². The largest absolute Gasteiger partial charge is 0.360 e. The number of ether oxygens (including phenoxy) is 2. The summed E-state index contributed by atoms with van der Waals surface area (Å²) in [5.41, 5.74) is 1.41. The molecule has 0 unspecified atom stereocenters. The minimum absolute atomic E-state index is 0.00544. The molecule has 0 amide bonds. The van der Waals surface area contributed by atoms with E-state index in [1.165, 1.54) is 23.8 Å². The van der Waals surface area contributed by atoms with Gasteiger partial charge < -0.3 is 9.47 Å². The number of hydrogen-bond acceptors (Lipinski definition) is 3. The first kappa shape index (κ1) is 14.8. The molecule has 17 heavy (non-hydrogen) atoms. The first-order chi connectivity index (χ1) is 8.36. The summed E-state index contributed by atoms with van der Waals surface area (Å²) in [6.45, 7) is 0. The van der Waals surface area contributed by atoms with Crippen LogP contribution in [-0.4, -0.2) is 35.4 Å². The number of methoxy groups -OCH3 is 2. The molecule has 94 valence electrons. The van der Waals surface area contributed by atoms with Crippen LogP contribution in [0.25, 0.3) is 0 Å². The lowest BCUT2D eigenvalue weighted by molar-refractivity contribution is -0.0441. The van der Waals surface area contributed by atoms with E-state index in [0.717, 1.165) is 15.3 Å². The molecule has 1 aromatic rings. The van der Waals surface area contributed by atoms with Crippen molar-refractivity contribution in [3.63, 3.8) is 0 Å². The van der Waals surface area contributed by atoms with Crippen LogP contribution in [0.3, 0.4) is 0 Å². The summed E-state index contributed by atoms with van der Waals surface area (Å²) in [6.07, 6.45) is 1.24. The van der Waals surface area contributed by atoms with Gasteiger partial charge in [0.25, 0.3) is 0 Å². The fraction of sp³-hybridized carbons (Fsp3) is 0.538. The van der Waals surface area contributed by atoms with Crippen molar-refractivity contribution in [2.45, 2.75) is 24.1 Å². The molecule has 0 spiro atoms. The smallest absolute Gasteiger partial charge is 0.136 e. The Bertz CT molecular complexity index is 278. The Hall–Kier alpha value is -0.293.